The molecule has 0 N–H and O–H groups in total. The van der Waals surface area contributed by atoms with E-state index in [-0.39, 0.29) is 17.1 Å². The van der Waals surface area contributed by atoms with Crippen molar-refractivity contribution < 1.29 is 14.5 Å². The summed E-state index contributed by atoms with van der Waals surface area (Å²) >= 11 is 6.86. The predicted molar refractivity (Wildman–Crippen MR) is 96.1 cm³/mol. The molecule has 1 aliphatic heterocycles. The largest absolute Gasteiger partial charge is 0.293 e. The highest BCUT2D eigenvalue weighted by atomic mass is 35.5. The van der Waals surface area contributed by atoms with Crippen LogP contribution in [0.15, 0.2) is 53.4 Å². The summed E-state index contributed by atoms with van der Waals surface area (Å²) in [5, 5.41) is 11.1. The third-order valence-electron chi connectivity index (χ3n) is 3.58. The lowest BCUT2D eigenvalue weighted by molar-refractivity contribution is -0.385. The van der Waals surface area contributed by atoms with Gasteiger partial charge in [0.05, 0.1) is 16.4 Å². The second-order valence-corrected chi connectivity index (χ2v) is 6.58. The molecule has 1 heterocycles. The fraction of sp³-hybridized carbons (Fsp3) is 0.0588. The first-order chi connectivity index (χ1) is 12.0. The molecule has 126 valence electrons. The number of rotatable bonds is 4. The molecule has 3 rings (SSSR count). The first-order valence-electron chi connectivity index (χ1n) is 7.19. The molecule has 1 fully saturated rings. The molecule has 0 unspecified atom stereocenters. The lowest BCUT2D eigenvalue weighted by Crippen LogP contribution is -2.27. The molecule has 0 spiro atoms. The summed E-state index contributed by atoms with van der Waals surface area (Å²) in [6, 6.07) is 13.0. The number of carbonyl (C=O) groups excluding carboxylic acids is 2. The summed E-state index contributed by atoms with van der Waals surface area (Å²) in [5.74, 6) is -0.493. The third kappa shape index (κ3) is 3.57. The molecular formula is C17H11ClN2O4S. The van der Waals surface area contributed by atoms with Crippen LogP contribution in [0.4, 0.5) is 10.5 Å². The van der Waals surface area contributed by atoms with Crippen molar-refractivity contribution in [2.24, 2.45) is 0 Å². The van der Waals surface area contributed by atoms with Crippen LogP contribution >= 0.6 is 23.4 Å². The van der Waals surface area contributed by atoms with Crippen molar-refractivity contribution >= 4 is 46.3 Å². The van der Waals surface area contributed by atoms with Crippen LogP contribution < -0.4 is 0 Å². The van der Waals surface area contributed by atoms with Gasteiger partial charge < -0.3 is 0 Å². The van der Waals surface area contributed by atoms with Gasteiger partial charge in [-0.15, -0.1) is 0 Å². The molecule has 0 aliphatic carbocycles. The molecule has 1 aliphatic rings. The Hall–Kier alpha value is -2.64. The van der Waals surface area contributed by atoms with E-state index in [4.69, 9.17) is 11.6 Å². The van der Waals surface area contributed by atoms with Crippen LogP contribution in [0.5, 0.6) is 0 Å². The zero-order valence-corrected chi connectivity index (χ0v) is 14.3. The number of amides is 2. The smallest absolute Gasteiger partial charge is 0.268 e. The van der Waals surface area contributed by atoms with Crippen molar-refractivity contribution in [1.82, 2.24) is 4.90 Å². The minimum atomic E-state index is -0.534. The Bertz CT molecular complexity index is 913. The van der Waals surface area contributed by atoms with Crippen molar-refractivity contribution in [1.29, 1.82) is 0 Å². The van der Waals surface area contributed by atoms with Gasteiger partial charge in [-0.1, -0.05) is 48.0 Å². The zero-order chi connectivity index (χ0) is 18.0. The van der Waals surface area contributed by atoms with Gasteiger partial charge in [-0.2, -0.15) is 0 Å². The molecule has 0 atom stereocenters. The molecule has 0 bridgehead atoms. The summed E-state index contributed by atoms with van der Waals surface area (Å²) < 4.78 is 0. The Kier molecular flexibility index (Phi) is 4.87. The highest BCUT2D eigenvalue weighted by Crippen LogP contribution is 2.35. The van der Waals surface area contributed by atoms with Crippen molar-refractivity contribution in [2.75, 3.05) is 0 Å². The Balaban J connectivity index is 1.88. The Morgan fingerprint density at radius 3 is 2.52 bits per heavy atom. The summed E-state index contributed by atoms with van der Waals surface area (Å²) in [5.41, 5.74) is 0.797. The molecular weight excluding hydrogens is 364 g/mol. The fourth-order valence-corrected chi connectivity index (χ4v) is 3.38. The maximum Gasteiger partial charge on any atom is 0.293 e. The second kappa shape index (κ2) is 7.08. The van der Waals surface area contributed by atoms with Gasteiger partial charge in [0.15, 0.2) is 0 Å². The lowest BCUT2D eigenvalue weighted by atomic mass is 10.1. The molecule has 8 heteroatoms. The maximum atomic E-state index is 12.5. The topological polar surface area (TPSA) is 80.5 Å². The van der Waals surface area contributed by atoms with Crippen molar-refractivity contribution in [2.45, 2.75) is 6.54 Å². The number of nitrogens with zero attached hydrogens (tertiary/aromatic N) is 2. The molecule has 2 aromatic rings. The normalized spacial score (nSPS) is 15.9. The summed E-state index contributed by atoms with van der Waals surface area (Å²) in [7, 11) is 0. The lowest BCUT2D eigenvalue weighted by Gasteiger charge is -2.12. The van der Waals surface area contributed by atoms with Gasteiger partial charge in [-0.3, -0.25) is 24.6 Å². The maximum absolute atomic E-state index is 12.5. The summed E-state index contributed by atoms with van der Waals surface area (Å²) in [4.78, 5) is 36.5. The average molecular weight is 375 g/mol. The standard InChI is InChI=1S/C17H11ClN2O4S/c18-13-7-3-1-5-11(13)9-15-16(21)19(17(22)25-15)10-12-6-2-4-8-14(12)20(23)24/h1-9H,10H2/b15-9+. The van der Waals surface area contributed by atoms with Crippen LogP contribution in [0.1, 0.15) is 11.1 Å². The number of imide groups is 1. The molecule has 0 saturated carbocycles. The monoisotopic (exact) mass is 374 g/mol. The predicted octanol–water partition coefficient (Wildman–Crippen LogP) is 4.48. The van der Waals surface area contributed by atoms with E-state index in [1.807, 2.05) is 0 Å². The van der Waals surface area contributed by atoms with Gasteiger partial charge >= 0.3 is 0 Å². The SMILES string of the molecule is O=C1S/C(=C/c2ccccc2Cl)C(=O)N1Cc1ccccc1[N+](=O)[O-]. The first-order valence-corrected chi connectivity index (χ1v) is 8.39. The molecule has 6 nitrogen and oxygen atoms in total. The molecule has 1 saturated heterocycles. The van der Waals surface area contributed by atoms with Crippen LogP contribution in [0.2, 0.25) is 5.02 Å². The highest BCUT2D eigenvalue weighted by Gasteiger charge is 2.36. The number of hydrogen-bond acceptors (Lipinski definition) is 5. The van der Waals surface area contributed by atoms with E-state index >= 15 is 0 Å². The number of benzene rings is 2. The van der Waals surface area contributed by atoms with Gasteiger partial charge in [0.2, 0.25) is 0 Å². The minimum Gasteiger partial charge on any atom is -0.268 e. The average Bonchev–Trinajstić information content (AvgIpc) is 2.85. The number of hydrogen-bond donors (Lipinski definition) is 0. The van der Waals surface area contributed by atoms with Gasteiger partial charge in [0.25, 0.3) is 16.8 Å². The van der Waals surface area contributed by atoms with Gasteiger partial charge in [-0.05, 0) is 29.5 Å². The van der Waals surface area contributed by atoms with E-state index in [1.54, 1.807) is 36.4 Å². The summed E-state index contributed by atoms with van der Waals surface area (Å²) in [6.07, 6.45) is 1.55. The number of nitro groups is 1. The minimum absolute atomic E-state index is 0.128. The number of thioether (sulfide) groups is 1. The van der Waals surface area contributed by atoms with Crippen LogP contribution in [0, 0.1) is 10.1 Å². The number of para-hydroxylation sites is 1. The highest BCUT2D eigenvalue weighted by molar-refractivity contribution is 8.18. The Morgan fingerprint density at radius 2 is 1.80 bits per heavy atom. The third-order valence-corrected chi connectivity index (χ3v) is 4.83. The number of nitro benzene ring substituents is 1. The first kappa shape index (κ1) is 17.2. The van der Waals surface area contributed by atoms with E-state index < -0.39 is 16.1 Å². The van der Waals surface area contributed by atoms with E-state index in [0.717, 1.165) is 16.7 Å². The van der Waals surface area contributed by atoms with E-state index in [0.29, 0.717) is 16.1 Å². The van der Waals surface area contributed by atoms with Crippen LogP contribution in [0.3, 0.4) is 0 Å². The van der Waals surface area contributed by atoms with E-state index in [2.05, 4.69) is 0 Å². The summed E-state index contributed by atoms with van der Waals surface area (Å²) in [6.45, 7) is -0.151. The zero-order valence-electron chi connectivity index (χ0n) is 12.7. The van der Waals surface area contributed by atoms with Gasteiger partial charge in [0.1, 0.15) is 0 Å². The van der Waals surface area contributed by atoms with Crippen LogP contribution in [-0.2, 0) is 11.3 Å². The molecule has 0 aromatic heterocycles. The number of halogens is 1. The van der Waals surface area contributed by atoms with Crippen molar-refractivity contribution in [3.05, 3.63) is 79.7 Å². The molecule has 25 heavy (non-hydrogen) atoms. The number of carbonyl (C=O) groups is 2. The molecule has 2 amide bonds. The van der Waals surface area contributed by atoms with Gasteiger partial charge in [-0.25, -0.2) is 0 Å². The van der Waals surface area contributed by atoms with Crippen LogP contribution in [-0.4, -0.2) is 21.0 Å². The van der Waals surface area contributed by atoms with Crippen LogP contribution in [0.25, 0.3) is 6.08 Å². The Labute approximate surface area is 152 Å². The van der Waals surface area contributed by atoms with E-state index in [9.17, 15) is 19.7 Å². The molecule has 2 aromatic carbocycles. The Morgan fingerprint density at radius 1 is 1.12 bits per heavy atom. The fourth-order valence-electron chi connectivity index (χ4n) is 2.36. The quantitative estimate of drug-likeness (QED) is 0.447. The molecule has 0 radical (unpaired) electrons. The van der Waals surface area contributed by atoms with Gasteiger partial charge in [0, 0.05) is 16.7 Å². The second-order valence-electron chi connectivity index (χ2n) is 5.18. The van der Waals surface area contributed by atoms with Crippen molar-refractivity contribution in [3.8, 4) is 0 Å². The van der Waals surface area contributed by atoms with E-state index in [1.165, 1.54) is 18.2 Å². The van der Waals surface area contributed by atoms with Crippen molar-refractivity contribution in [3.63, 3.8) is 0 Å².